The molecule has 7 nitrogen and oxygen atoms in total. The van der Waals surface area contributed by atoms with E-state index < -0.39 is 40.0 Å². The lowest BCUT2D eigenvalue weighted by Crippen LogP contribution is -2.41. The lowest BCUT2D eigenvalue weighted by Gasteiger charge is -2.32. The Bertz CT molecular complexity index is 782. The van der Waals surface area contributed by atoms with Crippen LogP contribution in [0.15, 0.2) is 29.2 Å². The van der Waals surface area contributed by atoms with Crippen molar-refractivity contribution in [2.45, 2.75) is 70.2 Å². The van der Waals surface area contributed by atoms with Crippen molar-refractivity contribution >= 4 is 28.7 Å². The van der Waals surface area contributed by atoms with Gasteiger partial charge in [0.15, 0.2) is 0 Å². The molecule has 0 atom stereocenters. The number of carbonyl (C=O) groups is 1. The van der Waals surface area contributed by atoms with E-state index in [-0.39, 0.29) is 4.90 Å². The van der Waals surface area contributed by atoms with Gasteiger partial charge >= 0.3 is 13.2 Å². The van der Waals surface area contributed by atoms with E-state index in [0.29, 0.717) is 5.46 Å². The van der Waals surface area contributed by atoms with Crippen molar-refractivity contribution < 1.29 is 27.3 Å². The second-order valence-electron chi connectivity index (χ2n) is 8.27. The summed E-state index contributed by atoms with van der Waals surface area (Å²) >= 11 is 0. The molecule has 1 aliphatic heterocycles. The smallest absolute Gasteiger partial charge is 0.443 e. The number of carbonyl (C=O) groups excluding carboxylic acids is 1. The third kappa shape index (κ3) is 4.58. The summed E-state index contributed by atoms with van der Waals surface area (Å²) < 4.78 is 43.7. The molecule has 0 aromatic heterocycles. The Hall–Kier alpha value is -1.58. The van der Waals surface area contributed by atoms with Crippen molar-refractivity contribution in [2.24, 2.45) is 0 Å². The second kappa shape index (κ2) is 6.54. The predicted octanol–water partition coefficient (Wildman–Crippen LogP) is 2.20. The molecule has 1 saturated heterocycles. The maximum absolute atomic E-state index is 12.5. The third-order valence-corrected chi connectivity index (χ3v) is 5.62. The monoisotopic (exact) mass is 383 g/mol. The molecule has 1 heterocycles. The Morgan fingerprint density at radius 2 is 1.65 bits per heavy atom. The fourth-order valence-electron chi connectivity index (χ4n) is 2.28. The lowest BCUT2D eigenvalue weighted by atomic mass is 9.79. The zero-order valence-corrected chi connectivity index (χ0v) is 17.1. The molecule has 1 N–H and O–H groups in total. The third-order valence-electron chi connectivity index (χ3n) is 4.31. The van der Waals surface area contributed by atoms with Gasteiger partial charge in [0.1, 0.15) is 5.60 Å². The van der Waals surface area contributed by atoms with Gasteiger partial charge < -0.3 is 14.0 Å². The number of hydrogen-bond donors (Lipinski definition) is 1. The number of nitrogens with one attached hydrogen (secondary N) is 1. The van der Waals surface area contributed by atoms with E-state index in [1.165, 1.54) is 12.1 Å². The molecule has 1 aliphatic rings. The van der Waals surface area contributed by atoms with Gasteiger partial charge in [0, 0.05) is 0 Å². The highest BCUT2D eigenvalue weighted by Gasteiger charge is 2.51. The lowest BCUT2D eigenvalue weighted by molar-refractivity contribution is 0.00578. The van der Waals surface area contributed by atoms with E-state index in [1.54, 1.807) is 32.9 Å². The van der Waals surface area contributed by atoms with Crippen molar-refractivity contribution in [3.8, 4) is 0 Å². The molecule has 0 aliphatic carbocycles. The predicted molar refractivity (Wildman–Crippen MR) is 98.7 cm³/mol. The average molecular weight is 383 g/mol. The van der Waals surface area contributed by atoms with E-state index in [9.17, 15) is 13.2 Å². The highest BCUT2D eigenvalue weighted by Crippen LogP contribution is 2.36. The highest BCUT2D eigenvalue weighted by atomic mass is 32.2. The van der Waals surface area contributed by atoms with Gasteiger partial charge in [-0.3, -0.25) is 0 Å². The van der Waals surface area contributed by atoms with Crippen molar-refractivity contribution in [1.82, 2.24) is 4.72 Å². The van der Waals surface area contributed by atoms with Gasteiger partial charge in [0.25, 0.3) is 10.0 Å². The minimum Gasteiger partial charge on any atom is -0.443 e. The first-order valence-electron chi connectivity index (χ1n) is 8.34. The van der Waals surface area contributed by atoms with Crippen LogP contribution < -0.4 is 10.2 Å². The molecule has 1 aromatic carbocycles. The van der Waals surface area contributed by atoms with Crippen molar-refractivity contribution in [2.75, 3.05) is 0 Å². The molecule has 1 fully saturated rings. The zero-order valence-electron chi connectivity index (χ0n) is 16.2. The molecule has 2 rings (SSSR count). The maximum Gasteiger partial charge on any atom is 0.494 e. The molecule has 1 aromatic rings. The Morgan fingerprint density at radius 1 is 1.12 bits per heavy atom. The summed E-state index contributed by atoms with van der Waals surface area (Å²) in [5.74, 6) is 0. The van der Waals surface area contributed by atoms with Crippen LogP contribution in [0, 0.1) is 0 Å². The van der Waals surface area contributed by atoms with Gasteiger partial charge in [-0.25, -0.2) is 17.9 Å². The second-order valence-corrected chi connectivity index (χ2v) is 9.95. The molecular weight excluding hydrogens is 357 g/mol. The minimum absolute atomic E-state index is 0.0735. The summed E-state index contributed by atoms with van der Waals surface area (Å²) in [5, 5.41) is 0. The molecule has 144 valence electrons. The molecule has 0 spiro atoms. The van der Waals surface area contributed by atoms with E-state index in [4.69, 9.17) is 14.0 Å². The topological polar surface area (TPSA) is 90.9 Å². The van der Waals surface area contributed by atoms with Gasteiger partial charge in [-0.1, -0.05) is 12.1 Å². The number of sulfonamides is 1. The summed E-state index contributed by atoms with van der Waals surface area (Å²) in [6.45, 7) is 12.6. The molecule has 9 heteroatoms. The normalized spacial score (nSPS) is 19.3. The van der Waals surface area contributed by atoms with Crippen molar-refractivity contribution in [3.05, 3.63) is 24.3 Å². The van der Waals surface area contributed by atoms with Crippen LogP contribution in [0.5, 0.6) is 0 Å². The van der Waals surface area contributed by atoms with E-state index in [0.717, 1.165) is 0 Å². The van der Waals surface area contributed by atoms with Crippen LogP contribution in [-0.4, -0.2) is 38.4 Å². The quantitative estimate of drug-likeness (QED) is 0.805. The van der Waals surface area contributed by atoms with E-state index in [2.05, 4.69) is 0 Å². The number of hydrogen-bond acceptors (Lipinski definition) is 6. The summed E-state index contributed by atoms with van der Waals surface area (Å²) in [4.78, 5) is 11.7. The van der Waals surface area contributed by atoms with Gasteiger partial charge in [-0.2, -0.15) is 0 Å². The molecule has 26 heavy (non-hydrogen) atoms. The fraction of sp³-hybridized carbons (Fsp3) is 0.588. The number of ether oxygens (including phenoxy) is 1. The van der Waals surface area contributed by atoms with E-state index in [1.807, 2.05) is 32.4 Å². The summed E-state index contributed by atoms with van der Waals surface area (Å²) in [7, 11) is -4.77. The van der Waals surface area contributed by atoms with Crippen LogP contribution in [0.1, 0.15) is 48.5 Å². The van der Waals surface area contributed by atoms with Gasteiger partial charge in [0.2, 0.25) is 0 Å². The first-order valence-corrected chi connectivity index (χ1v) is 9.83. The number of rotatable bonds is 3. The molecule has 0 saturated carbocycles. The maximum atomic E-state index is 12.5. The van der Waals surface area contributed by atoms with Crippen molar-refractivity contribution in [3.63, 3.8) is 0 Å². The molecule has 0 bridgehead atoms. The largest absolute Gasteiger partial charge is 0.494 e. The van der Waals surface area contributed by atoms with E-state index >= 15 is 0 Å². The van der Waals surface area contributed by atoms with Crippen LogP contribution in [0.2, 0.25) is 0 Å². The molecule has 0 unspecified atom stereocenters. The van der Waals surface area contributed by atoms with Crippen LogP contribution >= 0.6 is 0 Å². The van der Waals surface area contributed by atoms with Gasteiger partial charge in [-0.05, 0) is 66.1 Å². The Labute approximate surface area is 155 Å². The van der Waals surface area contributed by atoms with Crippen LogP contribution in [0.3, 0.4) is 0 Å². The summed E-state index contributed by atoms with van der Waals surface area (Å²) in [6, 6.07) is 6.11. The number of benzene rings is 1. The molecule has 1 amide bonds. The average Bonchev–Trinajstić information content (AvgIpc) is 2.65. The standard InChI is InChI=1S/C17H26BNO6S/c1-15(2,3)23-14(20)19-26(21,22)13-10-8-9-12(11-13)18-24-16(4,5)17(6,7)25-18/h8-11H,1-7H3,(H,19,20). The van der Waals surface area contributed by atoms with Gasteiger partial charge in [0.05, 0.1) is 16.1 Å². The highest BCUT2D eigenvalue weighted by molar-refractivity contribution is 7.90. The van der Waals surface area contributed by atoms with Gasteiger partial charge in [-0.15, -0.1) is 0 Å². The van der Waals surface area contributed by atoms with Crippen molar-refractivity contribution in [1.29, 1.82) is 0 Å². The zero-order chi connectivity index (χ0) is 20.0. The van der Waals surface area contributed by atoms with Crippen LogP contribution in [-0.2, 0) is 24.1 Å². The minimum atomic E-state index is -4.08. The Kier molecular flexibility index (Phi) is 5.22. The summed E-state index contributed by atoms with van der Waals surface area (Å²) in [5.41, 5.74) is -1.33. The number of amides is 1. The summed E-state index contributed by atoms with van der Waals surface area (Å²) in [6.07, 6.45) is -1.03. The Morgan fingerprint density at radius 3 is 2.15 bits per heavy atom. The SMILES string of the molecule is CC(C)(C)OC(=O)NS(=O)(=O)c1cccc(B2OC(C)(C)C(C)(C)O2)c1. The Balaban J connectivity index is 2.23. The van der Waals surface area contributed by atoms with Crippen LogP contribution in [0.25, 0.3) is 0 Å². The molecular formula is C17H26BNO6S. The fourth-order valence-corrected chi connectivity index (χ4v) is 3.20. The molecule has 0 radical (unpaired) electrons. The first kappa shape index (κ1) is 20.7. The van der Waals surface area contributed by atoms with Crippen LogP contribution in [0.4, 0.5) is 4.79 Å². The first-order chi connectivity index (χ1) is 11.6.